The molecule has 2 amide bonds. The molecule has 6 nitrogen and oxygen atoms in total. The average Bonchev–Trinajstić information content (AvgIpc) is 2.89. The molecular weight excluding hydrogens is 462 g/mol. The third-order valence-corrected chi connectivity index (χ3v) is 8.35. The molecular formula is C28H46ClN3O3. The molecule has 2 aliphatic rings. The Labute approximate surface area is 217 Å². The van der Waals surface area contributed by atoms with Crippen molar-refractivity contribution >= 4 is 17.6 Å². The zero-order valence-electron chi connectivity index (χ0n) is 21.7. The Kier molecular flexibility index (Phi) is 11.6. The lowest BCUT2D eigenvalue weighted by atomic mass is 9.74. The van der Waals surface area contributed by atoms with Crippen molar-refractivity contribution in [1.82, 2.24) is 15.5 Å². The number of piperidine rings is 1. The van der Waals surface area contributed by atoms with Gasteiger partial charge in [0.1, 0.15) is 0 Å². The lowest BCUT2D eigenvalue weighted by Crippen LogP contribution is -2.52. The number of ether oxygens (including phenoxy) is 1. The number of carbonyl (C=O) groups excluding carboxylic acids is 1. The van der Waals surface area contributed by atoms with Gasteiger partial charge >= 0.3 is 6.03 Å². The number of carbonyl (C=O) groups is 1. The number of hydrogen-bond acceptors (Lipinski definition) is 4. The zero-order valence-corrected chi connectivity index (χ0v) is 22.5. The molecule has 1 heterocycles. The Hall–Kier alpha value is -1.34. The van der Waals surface area contributed by atoms with Crippen molar-refractivity contribution in [2.45, 2.75) is 82.3 Å². The van der Waals surface area contributed by atoms with E-state index < -0.39 is 5.60 Å². The van der Waals surface area contributed by atoms with E-state index in [2.05, 4.69) is 10.6 Å². The van der Waals surface area contributed by atoms with Gasteiger partial charge in [0.2, 0.25) is 0 Å². The van der Waals surface area contributed by atoms with Gasteiger partial charge in [0.15, 0.2) is 0 Å². The lowest BCUT2D eigenvalue weighted by Gasteiger charge is -2.43. The van der Waals surface area contributed by atoms with Crippen molar-refractivity contribution in [2.24, 2.45) is 11.8 Å². The van der Waals surface area contributed by atoms with Gasteiger partial charge in [-0.1, -0.05) is 55.8 Å². The Bertz CT molecular complexity index is 774. The minimum absolute atomic E-state index is 0.0218. The number of unbranched alkanes of at least 4 members (excludes halogenated alkanes) is 1. The molecule has 1 aliphatic heterocycles. The van der Waals surface area contributed by atoms with Crippen LogP contribution in [-0.2, 0) is 10.3 Å². The monoisotopic (exact) mass is 507 g/mol. The summed E-state index contributed by atoms with van der Waals surface area (Å²) in [7, 11) is 3.69. The van der Waals surface area contributed by atoms with E-state index in [0.29, 0.717) is 37.2 Å². The smallest absolute Gasteiger partial charge is 0.317 e. The molecule has 1 saturated heterocycles. The maximum atomic E-state index is 13.1. The van der Waals surface area contributed by atoms with Crippen LogP contribution in [0.3, 0.4) is 0 Å². The Morgan fingerprint density at radius 2 is 2.03 bits per heavy atom. The van der Waals surface area contributed by atoms with Crippen molar-refractivity contribution in [3.8, 4) is 0 Å². The van der Waals surface area contributed by atoms with E-state index in [1.165, 1.54) is 32.1 Å². The van der Waals surface area contributed by atoms with Gasteiger partial charge in [0.05, 0.1) is 5.60 Å². The molecule has 1 aromatic carbocycles. The van der Waals surface area contributed by atoms with E-state index in [1.54, 1.807) is 7.11 Å². The Morgan fingerprint density at radius 3 is 2.74 bits per heavy atom. The number of nitrogens with zero attached hydrogens (tertiary/aromatic N) is 1. The summed E-state index contributed by atoms with van der Waals surface area (Å²) >= 11 is 6.30. The quantitative estimate of drug-likeness (QED) is 0.334. The fourth-order valence-corrected chi connectivity index (χ4v) is 6.18. The molecule has 7 heteroatoms. The topological polar surface area (TPSA) is 73.8 Å². The van der Waals surface area contributed by atoms with Gasteiger partial charge in [-0.25, -0.2) is 4.79 Å². The van der Waals surface area contributed by atoms with E-state index in [-0.39, 0.29) is 11.9 Å². The van der Waals surface area contributed by atoms with Crippen molar-refractivity contribution in [3.05, 3.63) is 34.9 Å². The number of benzene rings is 1. The third-order valence-electron chi connectivity index (χ3n) is 8.12. The zero-order chi connectivity index (χ0) is 25.1. The highest BCUT2D eigenvalue weighted by Gasteiger charge is 2.41. The molecule has 3 atom stereocenters. The van der Waals surface area contributed by atoms with Crippen LogP contribution >= 0.6 is 11.6 Å². The van der Waals surface area contributed by atoms with Crippen LogP contribution in [0.1, 0.15) is 76.2 Å². The second kappa shape index (κ2) is 14.4. The van der Waals surface area contributed by atoms with Crippen LogP contribution in [0, 0.1) is 11.8 Å². The van der Waals surface area contributed by atoms with Crippen LogP contribution in [-0.4, -0.2) is 62.5 Å². The average molecular weight is 508 g/mol. The predicted octanol–water partition coefficient (Wildman–Crippen LogP) is 5.32. The number of urea groups is 1. The number of nitrogens with one attached hydrogen (secondary N) is 2. The summed E-state index contributed by atoms with van der Waals surface area (Å²) in [5, 5.41) is 19.2. The number of likely N-dealkylation sites (N-methyl/N-ethyl adjacent to an activating group) is 1. The first-order valence-electron chi connectivity index (χ1n) is 13.6. The van der Waals surface area contributed by atoms with Crippen LogP contribution in [0.2, 0.25) is 5.02 Å². The van der Waals surface area contributed by atoms with Gasteiger partial charge in [0, 0.05) is 50.3 Å². The molecule has 0 bridgehead atoms. The van der Waals surface area contributed by atoms with Gasteiger partial charge in [-0.05, 0) is 69.2 Å². The number of amides is 2. The normalized spacial score (nSPS) is 21.9. The minimum atomic E-state index is -1.02. The summed E-state index contributed by atoms with van der Waals surface area (Å²) < 4.78 is 5.21. The molecule has 1 aromatic rings. The van der Waals surface area contributed by atoms with E-state index in [1.807, 2.05) is 36.2 Å². The SMILES string of the molecule is CNC(CNC(=O)N1CCC[C@@H]([C@@](O)(CCCCOC)c2cccc(Cl)c2)C1)CC1CCCCC1. The largest absolute Gasteiger partial charge is 0.385 e. The number of methoxy groups -OCH3 is 1. The highest BCUT2D eigenvalue weighted by Crippen LogP contribution is 2.40. The van der Waals surface area contributed by atoms with E-state index in [4.69, 9.17) is 16.3 Å². The molecule has 0 aromatic heterocycles. The van der Waals surface area contributed by atoms with Crippen molar-refractivity contribution in [3.63, 3.8) is 0 Å². The first kappa shape index (κ1) is 28.2. The molecule has 0 radical (unpaired) electrons. The standard InChI is InChI=1S/C28H46ClN3O3/c1-30-26(18-22-10-4-3-5-11-22)20-31-27(33)32-16-9-13-24(21-32)28(34,15-6-7-17-35-2)23-12-8-14-25(29)19-23/h8,12,14,19,22,24,26,30,34H,3-7,9-11,13,15-18,20-21H2,1-2H3,(H,31,33)/t24-,26?,28-/m1/s1. The molecule has 0 spiro atoms. The molecule has 3 rings (SSSR count). The lowest BCUT2D eigenvalue weighted by molar-refractivity contribution is -0.0563. The number of rotatable bonds is 12. The number of aliphatic hydroxyl groups is 1. The Morgan fingerprint density at radius 1 is 1.23 bits per heavy atom. The van der Waals surface area contributed by atoms with Gasteiger partial charge in [-0.3, -0.25) is 0 Å². The highest BCUT2D eigenvalue weighted by molar-refractivity contribution is 6.30. The summed E-state index contributed by atoms with van der Waals surface area (Å²) in [5.74, 6) is 0.730. The van der Waals surface area contributed by atoms with Crippen LogP contribution in [0.15, 0.2) is 24.3 Å². The number of halogens is 1. The molecule has 3 N–H and O–H groups in total. The van der Waals surface area contributed by atoms with Gasteiger partial charge in [-0.2, -0.15) is 0 Å². The van der Waals surface area contributed by atoms with Gasteiger partial charge < -0.3 is 25.4 Å². The second-order valence-corrected chi connectivity index (χ2v) is 11.0. The fourth-order valence-electron chi connectivity index (χ4n) is 5.99. The molecule has 2 fully saturated rings. The van der Waals surface area contributed by atoms with Crippen molar-refractivity contribution in [1.29, 1.82) is 0 Å². The molecule has 1 aliphatic carbocycles. The summed E-state index contributed by atoms with van der Waals surface area (Å²) in [6.07, 6.45) is 11.9. The van der Waals surface area contributed by atoms with Crippen molar-refractivity contribution in [2.75, 3.05) is 40.4 Å². The first-order chi connectivity index (χ1) is 17.0. The number of likely N-dealkylation sites (tertiary alicyclic amines) is 1. The predicted molar refractivity (Wildman–Crippen MR) is 143 cm³/mol. The Balaban J connectivity index is 1.61. The number of hydrogen-bond donors (Lipinski definition) is 3. The van der Waals surface area contributed by atoms with Crippen LogP contribution in [0.4, 0.5) is 4.79 Å². The van der Waals surface area contributed by atoms with Crippen molar-refractivity contribution < 1.29 is 14.6 Å². The summed E-state index contributed by atoms with van der Waals surface area (Å²) in [6.45, 7) is 2.59. The van der Waals surface area contributed by atoms with Crippen LogP contribution in [0.5, 0.6) is 0 Å². The molecule has 1 saturated carbocycles. The van der Waals surface area contributed by atoms with E-state index >= 15 is 0 Å². The maximum absolute atomic E-state index is 13.1. The van der Waals surface area contributed by atoms with Gasteiger partial charge in [-0.15, -0.1) is 0 Å². The molecule has 35 heavy (non-hydrogen) atoms. The first-order valence-corrected chi connectivity index (χ1v) is 14.0. The van der Waals surface area contributed by atoms with Crippen LogP contribution in [0.25, 0.3) is 0 Å². The third kappa shape index (κ3) is 8.34. The molecule has 1 unspecified atom stereocenters. The van der Waals surface area contributed by atoms with E-state index in [9.17, 15) is 9.90 Å². The second-order valence-electron chi connectivity index (χ2n) is 10.6. The minimum Gasteiger partial charge on any atom is -0.385 e. The van der Waals surface area contributed by atoms with Gasteiger partial charge in [0.25, 0.3) is 0 Å². The summed E-state index contributed by atoms with van der Waals surface area (Å²) in [5.41, 5.74) is -0.177. The maximum Gasteiger partial charge on any atom is 0.317 e. The molecule has 198 valence electrons. The summed E-state index contributed by atoms with van der Waals surface area (Å²) in [4.78, 5) is 15.0. The van der Waals surface area contributed by atoms with E-state index in [0.717, 1.165) is 50.1 Å². The van der Waals surface area contributed by atoms with Crippen LogP contribution < -0.4 is 10.6 Å². The highest BCUT2D eigenvalue weighted by atomic mass is 35.5. The fraction of sp³-hybridized carbons (Fsp3) is 0.750. The summed E-state index contributed by atoms with van der Waals surface area (Å²) in [6, 6.07) is 7.85.